The molecule has 2 N–H and O–H groups in total. The van der Waals surface area contributed by atoms with E-state index in [1.165, 1.54) is 7.11 Å². The number of carbonyl (C=O) groups is 1. The molecule has 30 heavy (non-hydrogen) atoms. The number of carboxylic acid groups (broad SMARTS) is 1. The molecule has 1 aliphatic rings. The molecule has 10 nitrogen and oxygen atoms in total. The van der Waals surface area contributed by atoms with Gasteiger partial charge in [-0.25, -0.2) is 0 Å². The lowest BCUT2D eigenvalue weighted by Gasteiger charge is -2.44. The first kappa shape index (κ1) is 24.1. The van der Waals surface area contributed by atoms with Crippen molar-refractivity contribution < 1.29 is 29.2 Å². The van der Waals surface area contributed by atoms with Crippen molar-refractivity contribution in [3.63, 3.8) is 0 Å². The highest BCUT2D eigenvalue weighted by Gasteiger charge is 2.45. The standard InChI is InChI=1S/C20H30N4O6/c1-28-20-17(22-12-14-8-4-2-5-9-14)18(27)19(15(30-20)13-23-24-21)29-11-7-3-6-10-16(25)26/h2,4-5,8-9,15,17-20,22,27H,3,6-7,10-13H2,1H3,(H,25,26)/p-1/t15?,17?,18-,19-,20+/m1/s1. The molecule has 0 amide bonds. The minimum atomic E-state index is -1.07. The van der Waals surface area contributed by atoms with Crippen LogP contribution in [0.25, 0.3) is 10.4 Å². The topological polar surface area (TPSA) is 149 Å². The van der Waals surface area contributed by atoms with E-state index < -0.39 is 36.6 Å². The van der Waals surface area contributed by atoms with Gasteiger partial charge in [-0.2, -0.15) is 0 Å². The molecule has 0 spiro atoms. The maximum Gasteiger partial charge on any atom is 0.175 e. The molecule has 166 valence electrons. The van der Waals surface area contributed by atoms with Gasteiger partial charge >= 0.3 is 0 Å². The van der Waals surface area contributed by atoms with Gasteiger partial charge < -0.3 is 34.5 Å². The van der Waals surface area contributed by atoms with Crippen molar-refractivity contribution in [2.24, 2.45) is 5.11 Å². The summed E-state index contributed by atoms with van der Waals surface area (Å²) >= 11 is 0. The lowest BCUT2D eigenvalue weighted by atomic mass is 9.96. The van der Waals surface area contributed by atoms with E-state index in [-0.39, 0.29) is 13.0 Å². The van der Waals surface area contributed by atoms with Crippen LogP contribution in [0.3, 0.4) is 0 Å². The van der Waals surface area contributed by atoms with Crippen LogP contribution in [0.2, 0.25) is 0 Å². The van der Waals surface area contributed by atoms with Crippen molar-refractivity contribution in [1.29, 1.82) is 0 Å². The summed E-state index contributed by atoms with van der Waals surface area (Å²) in [4.78, 5) is 13.2. The van der Waals surface area contributed by atoms with Gasteiger partial charge in [0, 0.05) is 31.1 Å². The third-order valence-electron chi connectivity index (χ3n) is 4.95. The van der Waals surface area contributed by atoms with E-state index in [0.29, 0.717) is 32.4 Å². The van der Waals surface area contributed by atoms with E-state index in [0.717, 1.165) is 5.56 Å². The quantitative estimate of drug-likeness (QED) is 0.208. The number of ether oxygens (including phenoxy) is 3. The maximum absolute atomic E-state index is 11.0. The van der Waals surface area contributed by atoms with Crippen LogP contribution in [0.15, 0.2) is 35.4 Å². The molecule has 2 unspecified atom stereocenters. The van der Waals surface area contributed by atoms with Crippen molar-refractivity contribution in [3.05, 3.63) is 46.3 Å². The van der Waals surface area contributed by atoms with Gasteiger partial charge in [0.05, 0.1) is 18.7 Å². The Labute approximate surface area is 175 Å². The predicted octanol–water partition coefficient (Wildman–Crippen LogP) is 0.883. The molecule has 0 aliphatic carbocycles. The number of benzene rings is 1. The highest BCUT2D eigenvalue weighted by Crippen LogP contribution is 2.25. The van der Waals surface area contributed by atoms with Crippen LogP contribution < -0.4 is 10.4 Å². The van der Waals surface area contributed by atoms with Gasteiger partial charge in [0.15, 0.2) is 6.29 Å². The Morgan fingerprint density at radius 2 is 2.10 bits per heavy atom. The number of aliphatic hydroxyl groups is 1. The third kappa shape index (κ3) is 7.56. The molecule has 2 rings (SSSR count). The predicted molar refractivity (Wildman–Crippen MR) is 106 cm³/mol. The summed E-state index contributed by atoms with van der Waals surface area (Å²) in [6.45, 7) is 0.810. The first-order chi connectivity index (χ1) is 14.6. The highest BCUT2D eigenvalue weighted by atomic mass is 16.7. The zero-order valence-electron chi connectivity index (χ0n) is 17.1. The second kappa shape index (κ2) is 13.2. The van der Waals surface area contributed by atoms with Crippen LogP contribution in [0, 0.1) is 0 Å². The molecule has 1 heterocycles. The molecule has 1 aromatic carbocycles. The lowest BCUT2D eigenvalue weighted by Crippen LogP contribution is -2.64. The fourth-order valence-electron chi connectivity index (χ4n) is 3.41. The van der Waals surface area contributed by atoms with Gasteiger partial charge in [0.25, 0.3) is 0 Å². The number of carboxylic acids is 1. The number of rotatable bonds is 13. The van der Waals surface area contributed by atoms with E-state index in [1.54, 1.807) is 0 Å². The third-order valence-corrected chi connectivity index (χ3v) is 4.95. The van der Waals surface area contributed by atoms with E-state index >= 15 is 0 Å². The van der Waals surface area contributed by atoms with Crippen LogP contribution in [0.4, 0.5) is 0 Å². The molecule has 5 atom stereocenters. The van der Waals surface area contributed by atoms with Crippen molar-refractivity contribution in [2.45, 2.75) is 62.9 Å². The van der Waals surface area contributed by atoms with Gasteiger partial charge in [-0.05, 0) is 30.4 Å². The van der Waals surface area contributed by atoms with Crippen molar-refractivity contribution in [2.75, 3.05) is 20.3 Å². The Morgan fingerprint density at radius 1 is 1.33 bits per heavy atom. The molecular formula is C20H29N4O6-. The van der Waals surface area contributed by atoms with Gasteiger partial charge in [-0.15, -0.1) is 0 Å². The van der Waals surface area contributed by atoms with Crippen LogP contribution in [0.1, 0.15) is 31.2 Å². The monoisotopic (exact) mass is 421 g/mol. The van der Waals surface area contributed by atoms with E-state index in [4.69, 9.17) is 19.7 Å². The summed E-state index contributed by atoms with van der Waals surface area (Å²) in [6.07, 6.45) is -1.30. The first-order valence-electron chi connectivity index (χ1n) is 10.0. The molecule has 0 aromatic heterocycles. The fraction of sp³-hybridized carbons (Fsp3) is 0.650. The minimum absolute atomic E-state index is 0.00578. The Morgan fingerprint density at radius 3 is 2.77 bits per heavy atom. The average molecular weight is 421 g/mol. The minimum Gasteiger partial charge on any atom is -0.550 e. The number of aliphatic hydroxyl groups excluding tert-OH is 1. The number of unbranched alkanes of at least 4 members (excludes halogenated alkanes) is 2. The lowest BCUT2D eigenvalue weighted by molar-refractivity contribution is -0.305. The number of methoxy groups -OCH3 is 1. The van der Waals surface area contributed by atoms with Gasteiger partial charge in [0.2, 0.25) is 0 Å². The zero-order chi connectivity index (χ0) is 21.8. The maximum atomic E-state index is 11.0. The molecule has 1 aliphatic heterocycles. The van der Waals surface area contributed by atoms with E-state index in [2.05, 4.69) is 15.3 Å². The van der Waals surface area contributed by atoms with Crippen LogP contribution in [-0.2, 0) is 25.5 Å². The molecule has 0 saturated carbocycles. The summed E-state index contributed by atoms with van der Waals surface area (Å²) in [5.41, 5.74) is 9.70. The van der Waals surface area contributed by atoms with E-state index in [1.807, 2.05) is 30.3 Å². The number of nitrogens with zero attached hydrogens (tertiary/aromatic N) is 3. The van der Waals surface area contributed by atoms with Crippen molar-refractivity contribution in [1.82, 2.24) is 5.32 Å². The van der Waals surface area contributed by atoms with Crippen molar-refractivity contribution >= 4 is 5.97 Å². The smallest absolute Gasteiger partial charge is 0.175 e. The van der Waals surface area contributed by atoms with Crippen LogP contribution in [-0.4, -0.2) is 62.0 Å². The highest BCUT2D eigenvalue weighted by molar-refractivity contribution is 5.64. The first-order valence-corrected chi connectivity index (χ1v) is 10.0. The Kier molecular flexibility index (Phi) is 10.6. The largest absolute Gasteiger partial charge is 0.550 e. The van der Waals surface area contributed by atoms with E-state index in [9.17, 15) is 15.0 Å². The second-order valence-electron chi connectivity index (χ2n) is 7.09. The van der Waals surface area contributed by atoms with Gasteiger partial charge in [0.1, 0.15) is 12.2 Å². The Hall–Kier alpha value is -2.20. The number of azide groups is 1. The van der Waals surface area contributed by atoms with Crippen LogP contribution in [0.5, 0.6) is 0 Å². The molecule has 1 aromatic rings. The number of carbonyl (C=O) groups excluding carboxylic acids is 1. The van der Waals surface area contributed by atoms with Gasteiger partial charge in [-0.1, -0.05) is 41.9 Å². The fourth-order valence-corrected chi connectivity index (χ4v) is 3.41. The summed E-state index contributed by atoms with van der Waals surface area (Å²) in [5.74, 6) is -1.07. The average Bonchev–Trinajstić information content (AvgIpc) is 2.75. The summed E-state index contributed by atoms with van der Waals surface area (Å²) < 4.78 is 17.2. The summed E-state index contributed by atoms with van der Waals surface area (Å²) in [6, 6.07) is 9.17. The Balaban J connectivity index is 1.98. The van der Waals surface area contributed by atoms with Crippen molar-refractivity contribution in [3.8, 4) is 0 Å². The normalized spacial score (nSPS) is 26.1. The summed E-state index contributed by atoms with van der Waals surface area (Å²) in [5, 5.41) is 28.3. The molecule has 1 saturated heterocycles. The molecular weight excluding hydrogens is 392 g/mol. The zero-order valence-corrected chi connectivity index (χ0v) is 17.1. The number of hydrogen-bond acceptors (Lipinski definition) is 8. The number of nitrogens with one attached hydrogen (secondary N) is 1. The van der Waals surface area contributed by atoms with Crippen LogP contribution >= 0.6 is 0 Å². The molecule has 0 bridgehead atoms. The van der Waals surface area contributed by atoms with Gasteiger partial charge in [-0.3, -0.25) is 0 Å². The molecule has 1 fully saturated rings. The Bertz CT molecular complexity index is 685. The summed E-state index contributed by atoms with van der Waals surface area (Å²) in [7, 11) is 1.48. The second-order valence-corrected chi connectivity index (χ2v) is 7.09. The number of aliphatic carboxylic acids is 1. The number of hydrogen-bond donors (Lipinski definition) is 2. The molecule has 0 radical (unpaired) electrons. The SMILES string of the molecule is CO[C@H]1OC(CN=[N+]=[N-])[C@@H](OCCCCCC(=O)[O-])[C@H](O)C1NCc1ccccc1. The molecule has 10 heteroatoms.